The standard InChI is InChI=1S/C33H40N8O3/c1-4-30(42)39-14-13-27(23-39)41-31-25(22-40(33(41)43)21-24-9-7-6-8-10-24)20-34-32(36-31)35-28-12-11-26(19-29(28)44-5-2)38-17-15-37(3)16-18-38/h4,6-12,19-20,27H,1,5,13-18,21-23H2,2-3H3,(H,34,35,36)/t27-/m0/s1. The van der Waals surface area contributed by atoms with E-state index in [9.17, 15) is 9.59 Å². The number of hydrogen-bond acceptors (Lipinski definition) is 8. The van der Waals surface area contributed by atoms with Crippen molar-refractivity contribution < 1.29 is 14.3 Å². The van der Waals surface area contributed by atoms with Crippen LogP contribution in [0.3, 0.4) is 0 Å². The van der Waals surface area contributed by atoms with Gasteiger partial charge in [-0.25, -0.2) is 9.78 Å². The molecule has 0 bridgehead atoms. The third-order valence-corrected chi connectivity index (χ3v) is 8.52. The van der Waals surface area contributed by atoms with E-state index in [0.717, 1.165) is 54.4 Å². The maximum absolute atomic E-state index is 14.1. The van der Waals surface area contributed by atoms with Gasteiger partial charge < -0.3 is 29.7 Å². The maximum atomic E-state index is 14.1. The lowest BCUT2D eigenvalue weighted by molar-refractivity contribution is -0.125. The number of benzene rings is 2. The summed E-state index contributed by atoms with van der Waals surface area (Å²) >= 11 is 0. The van der Waals surface area contributed by atoms with Crippen molar-refractivity contribution in [3.63, 3.8) is 0 Å². The molecule has 0 saturated carbocycles. The predicted molar refractivity (Wildman–Crippen MR) is 171 cm³/mol. The van der Waals surface area contributed by atoms with Gasteiger partial charge in [0.1, 0.15) is 11.6 Å². The molecule has 2 saturated heterocycles. The Morgan fingerprint density at radius 1 is 1.11 bits per heavy atom. The van der Waals surface area contributed by atoms with Gasteiger partial charge in [0, 0.05) is 69.3 Å². The van der Waals surface area contributed by atoms with Crippen LogP contribution in [0.1, 0.15) is 24.5 Å². The Morgan fingerprint density at radius 3 is 2.66 bits per heavy atom. The van der Waals surface area contributed by atoms with Crippen molar-refractivity contribution in [3.05, 3.63) is 78.5 Å². The first-order chi connectivity index (χ1) is 21.4. The van der Waals surface area contributed by atoms with Gasteiger partial charge in [0.05, 0.1) is 24.9 Å². The lowest BCUT2D eigenvalue weighted by atomic mass is 10.1. The number of amides is 3. The van der Waals surface area contributed by atoms with Crippen LogP contribution in [0.25, 0.3) is 0 Å². The molecule has 2 fully saturated rings. The number of rotatable bonds is 9. The molecule has 1 N–H and O–H groups in total. The van der Waals surface area contributed by atoms with Crippen molar-refractivity contribution in [1.29, 1.82) is 0 Å². The van der Waals surface area contributed by atoms with Crippen molar-refractivity contribution in [2.75, 3.05) is 68.0 Å². The highest BCUT2D eigenvalue weighted by molar-refractivity contribution is 5.95. The average molecular weight is 597 g/mol. The molecule has 3 amide bonds. The molecule has 3 aromatic rings. The SMILES string of the molecule is C=CC(=O)N1CC[C@H](N2C(=O)N(Cc3ccccc3)Cc3cnc(Nc4ccc(N5CCN(C)CC5)cc4OCC)nc32)C1. The molecule has 0 spiro atoms. The van der Waals surface area contributed by atoms with Gasteiger partial charge in [0.2, 0.25) is 11.9 Å². The fourth-order valence-electron chi connectivity index (χ4n) is 6.10. The zero-order valence-corrected chi connectivity index (χ0v) is 25.5. The molecular formula is C33H40N8O3. The van der Waals surface area contributed by atoms with E-state index < -0.39 is 0 Å². The zero-order chi connectivity index (χ0) is 30.6. The summed E-state index contributed by atoms with van der Waals surface area (Å²) in [4.78, 5) is 46.0. The smallest absolute Gasteiger partial charge is 0.326 e. The summed E-state index contributed by atoms with van der Waals surface area (Å²) < 4.78 is 6.04. The number of aromatic nitrogens is 2. The largest absolute Gasteiger partial charge is 0.492 e. The van der Waals surface area contributed by atoms with Crippen LogP contribution in [-0.2, 0) is 17.9 Å². The Hall–Kier alpha value is -4.64. The summed E-state index contributed by atoms with van der Waals surface area (Å²) in [6.45, 7) is 11.9. The Morgan fingerprint density at radius 2 is 1.91 bits per heavy atom. The number of nitrogens with one attached hydrogen (secondary N) is 1. The number of carbonyl (C=O) groups is 2. The lowest BCUT2D eigenvalue weighted by Crippen LogP contribution is -2.52. The van der Waals surface area contributed by atoms with Gasteiger partial charge in [0.15, 0.2) is 0 Å². The molecule has 1 atom stereocenters. The fourth-order valence-corrected chi connectivity index (χ4v) is 6.10. The second-order valence-corrected chi connectivity index (χ2v) is 11.5. The number of likely N-dealkylation sites (N-methyl/N-ethyl adjacent to an activating group) is 1. The van der Waals surface area contributed by atoms with Crippen LogP contribution in [0.15, 0.2) is 67.4 Å². The van der Waals surface area contributed by atoms with Crippen molar-refractivity contribution in [2.45, 2.75) is 32.5 Å². The van der Waals surface area contributed by atoms with E-state index in [1.165, 1.54) is 6.08 Å². The van der Waals surface area contributed by atoms with Gasteiger partial charge in [-0.15, -0.1) is 0 Å². The fraction of sp³-hybridized carbons (Fsp3) is 0.394. The number of carbonyl (C=O) groups excluding carboxylic acids is 2. The quantitative estimate of drug-likeness (QED) is 0.369. The summed E-state index contributed by atoms with van der Waals surface area (Å²) in [5, 5.41) is 3.35. The van der Waals surface area contributed by atoms with Crippen LogP contribution in [0.5, 0.6) is 5.75 Å². The summed E-state index contributed by atoms with van der Waals surface area (Å²) in [6.07, 6.45) is 3.77. The van der Waals surface area contributed by atoms with E-state index >= 15 is 0 Å². The second-order valence-electron chi connectivity index (χ2n) is 11.5. The molecule has 0 radical (unpaired) electrons. The number of hydrogen-bond donors (Lipinski definition) is 1. The number of likely N-dealkylation sites (tertiary alicyclic amines) is 1. The first kappa shape index (κ1) is 29.4. The van der Waals surface area contributed by atoms with Crippen LogP contribution in [0.4, 0.5) is 27.9 Å². The normalized spacial score (nSPS) is 18.8. The van der Waals surface area contributed by atoms with Crippen molar-refractivity contribution in [2.24, 2.45) is 0 Å². The van der Waals surface area contributed by atoms with Gasteiger partial charge >= 0.3 is 6.03 Å². The molecule has 11 heteroatoms. The lowest BCUT2D eigenvalue weighted by Gasteiger charge is -2.39. The first-order valence-electron chi connectivity index (χ1n) is 15.3. The minimum absolute atomic E-state index is 0.129. The summed E-state index contributed by atoms with van der Waals surface area (Å²) in [5.41, 5.74) is 3.78. The molecule has 1 aromatic heterocycles. The number of anilines is 4. The summed E-state index contributed by atoms with van der Waals surface area (Å²) in [7, 11) is 2.15. The number of ether oxygens (including phenoxy) is 1. The van der Waals surface area contributed by atoms with Gasteiger partial charge in [-0.05, 0) is 44.2 Å². The second kappa shape index (κ2) is 12.9. The number of fused-ring (bicyclic) bond motifs is 1. The minimum Gasteiger partial charge on any atom is -0.492 e. The first-order valence-corrected chi connectivity index (χ1v) is 15.3. The topological polar surface area (TPSA) is 97.4 Å². The summed E-state index contributed by atoms with van der Waals surface area (Å²) in [5.74, 6) is 1.54. The van der Waals surface area contributed by atoms with Crippen LogP contribution in [0.2, 0.25) is 0 Å². The van der Waals surface area contributed by atoms with E-state index in [4.69, 9.17) is 9.72 Å². The van der Waals surface area contributed by atoms with Crippen LogP contribution >= 0.6 is 0 Å². The van der Waals surface area contributed by atoms with E-state index in [1.807, 2.05) is 48.2 Å². The highest BCUT2D eigenvalue weighted by Crippen LogP contribution is 2.35. The van der Waals surface area contributed by atoms with Crippen molar-refractivity contribution in [1.82, 2.24) is 24.7 Å². The van der Waals surface area contributed by atoms with Crippen LogP contribution < -0.4 is 19.9 Å². The third kappa shape index (κ3) is 6.19. The monoisotopic (exact) mass is 596 g/mol. The Balaban J connectivity index is 1.29. The molecule has 230 valence electrons. The molecule has 4 heterocycles. The Kier molecular flexibility index (Phi) is 8.65. The Bertz CT molecular complexity index is 1510. The number of urea groups is 1. The van der Waals surface area contributed by atoms with Gasteiger partial charge in [-0.1, -0.05) is 36.9 Å². The molecule has 0 aliphatic carbocycles. The molecule has 0 unspecified atom stereocenters. The Labute approximate surface area is 258 Å². The van der Waals surface area contributed by atoms with E-state index in [2.05, 4.69) is 45.9 Å². The molecule has 44 heavy (non-hydrogen) atoms. The van der Waals surface area contributed by atoms with Gasteiger partial charge in [0.25, 0.3) is 0 Å². The highest BCUT2D eigenvalue weighted by Gasteiger charge is 2.40. The van der Waals surface area contributed by atoms with Crippen LogP contribution in [0, 0.1) is 0 Å². The molecule has 3 aliphatic rings. The van der Waals surface area contributed by atoms with Crippen LogP contribution in [-0.4, -0.2) is 95.6 Å². The maximum Gasteiger partial charge on any atom is 0.326 e. The van der Waals surface area contributed by atoms with E-state index in [-0.39, 0.29) is 18.0 Å². The highest BCUT2D eigenvalue weighted by atomic mass is 16.5. The molecule has 2 aromatic carbocycles. The number of piperazine rings is 1. The van der Waals surface area contributed by atoms with E-state index in [1.54, 1.807) is 16.0 Å². The average Bonchev–Trinajstić information content (AvgIpc) is 3.53. The zero-order valence-electron chi connectivity index (χ0n) is 25.5. The van der Waals surface area contributed by atoms with Gasteiger partial charge in [-0.3, -0.25) is 9.69 Å². The third-order valence-electron chi connectivity index (χ3n) is 8.52. The summed E-state index contributed by atoms with van der Waals surface area (Å²) in [6, 6.07) is 15.8. The van der Waals surface area contributed by atoms with Crippen molar-refractivity contribution in [3.8, 4) is 5.75 Å². The predicted octanol–water partition coefficient (Wildman–Crippen LogP) is 4.10. The van der Waals surface area contributed by atoms with Crippen molar-refractivity contribution >= 4 is 35.1 Å². The molecule has 11 nitrogen and oxygen atoms in total. The molecular weight excluding hydrogens is 556 g/mol. The molecule has 3 aliphatic heterocycles. The molecule has 6 rings (SSSR count). The van der Waals surface area contributed by atoms with Gasteiger partial charge in [-0.2, -0.15) is 4.98 Å². The number of nitrogens with zero attached hydrogens (tertiary/aromatic N) is 7. The minimum atomic E-state index is -0.215. The van der Waals surface area contributed by atoms with E-state index in [0.29, 0.717) is 51.0 Å².